The lowest BCUT2D eigenvalue weighted by Crippen LogP contribution is -2.08. The molecule has 0 spiro atoms. The average Bonchev–Trinajstić information content (AvgIpc) is 3.42. The van der Waals surface area contributed by atoms with Crippen LogP contribution in [-0.4, -0.2) is 30.9 Å². The van der Waals surface area contributed by atoms with Gasteiger partial charge < -0.3 is 9.26 Å². The molecule has 0 fully saturated rings. The van der Waals surface area contributed by atoms with Gasteiger partial charge in [0.2, 0.25) is 5.82 Å². The second kappa shape index (κ2) is 8.31. The van der Waals surface area contributed by atoms with Crippen LogP contribution in [0.3, 0.4) is 0 Å². The molecule has 0 amide bonds. The van der Waals surface area contributed by atoms with E-state index in [9.17, 15) is 4.79 Å². The number of aryl methyl sites for hydroxylation is 3. The van der Waals surface area contributed by atoms with Crippen LogP contribution in [0.4, 0.5) is 0 Å². The molecule has 0 aliphatic heterocycles. The number of hydrogen-bond donors (Lipinski definition) is 0. The summed E-state index contributed by atoms with van der Waals surface area (Å²) in [6.07, 6.45) is 0. The van der Waals surface area contributed by atoms with Gasteiger partial charge in [-0.15, -0.1) is 0 Å². The molecule has 0 saturated heterocycles. The highest BCUT2D eigenvalue weighted by Crippen LogP contribution is 2.27. The Morgan fingerprint density at radius 1 is 1.00 bits per heavy atom. The van der Waals surface area contributed by atoms with Crippen LogP contribution < -0.4 is 0 Å². The highest BCUT2D eigenvalue weighted by Gasteiger charge is 2.21. The summed E-state index contributed by atoms with van der Waals surface area (Å²) >= 11 is 0. The summed E-state index contributed by atoms with van der Waals surface area (Å²) in [5.41, 5.74) is 5.21. The number of carbonyl (C=O) groups excluding carboxylic acids is 1. The van der Waals surface area contributed by atoms with Gasteiger partial charge in [-0.3, -0.25) is 4.68 Å². The number of nitrogens with zero attached hydrogens (tertiary/aromatic N) is 5. The van der Waals surface area contributed by atoms with Crippen molar-refractivity contribution >= 4 is 17.0 Å². The van der Waals surface area contributed by atoms with Gasteiger partial charge in [0.15, 0.2) is 12.3 Å². The molecule has 5 aromatic rings. The molecule has 0 bridgehead atoms. The number of ether oxygens (including phenoxy) is 1. The molecule has 0 N–H and O–H groups in total. The van der Waals surface area contributed by atoms with Crippen LogP contribution in [0.2, 0.25) is 0 Å². The molecule has 164 valence electrons. The van der Waals surface area contributed by atoms with Gasteiger partial charge in [-0.25, -0.2) is 9.78 Å². The number of carbonyl (C=O) groups is 1. The number of aromatic nitrogens is 5. The summed E-state index contributed by atoms with van der Waals surface area (Å²) in [5.74, 6) is 0.162. The smallest absolute Gasteiger partial charge is 0.339 e. The van der Waals surface area contributed by atoms with Gasteiger partial charge in [0.25, 0.3) is 5.89 Å². The largest absolute Gasteiger partial charge is 0.454 e. The molecule has 0 saturated carbocycles. The SMILES string of the molecule is Cc1ccc(-c2nc(COC(=O)c3cc(-c4ccccc4)nc4c3c(C)nn4C)no2)cc1. The number of benzene rings is 2. The predicted octanol–water partition coefficient (Wildman–Crippen LogP) is 4.66. The summed E-state index contributed by atoms with van der Waals surface area (Å²) in [4.78, 5) is 22.2. The van der Waals surface area contributed by atoms with Gasteiger partial charge in [0.05, 0.1) is 22.3 Å². The van der Waals surface area contributed by atoms with Crippen LogP contribution in [0.25, 0.3) is 33.7 Å². The molecular formula is C25H21N5O3. The van der Waals surface area contributed by atoms with Gasteiger partial charge in [-0.05, 0) is 32.0 Å². The van der Waals surface area contributed by atoms with E-state index in [1.54, 1.807) is 17.8 Å². The molecule has 0 aliphatic carbocycles. The highest BCUT2D eigenvalue weighted by atomic mass is 16.5. The van der Waals surface area contributed by atoms with E-state index >= 15 is 0 Å². The number of fused-ring (bicyclic) bond motifs is 1. The van der Waals surface area contributed by atoms with Crippen LogP contribution in [-0.2, 0) is 18.4 Å². The minimum absolute atomic E-state index is 0.113. The van der Waals surface area contributed by atoms with Crippen molar-refractivity contribution in [3.8, 4) is 22.7 Å². The van der Waals surface area contributed by atoms with Crippen LogP contribution in [0.1, 0.15) is 27.4 Å². The van der Waals surface area contributed by atoms with Crippen molar-refractivity contribution in [2.45, 2.75) is 20.5 Å². The molecule has 8 nitrogen and oxygen atoms in total. The van der Waals surface area contributed by atoms with E-state index in [4.69, 9.17) is 14.2 Å². The summed E-state index contributed by atoms with van der Waals surface area (Å²) < 4.78 is 12.5. The summed E-state index contributed by atoms with van der Waals surface area (Å²) in [7, 11) is 1.80. The van der Waals surface area contributed by atoms with Crippen molar-refractivity contribution in [2.24, 2.45) is 7.05 Å². The lowest BCUT2D eigenvalue weighted by Gasteiger charge is -2.08. The lowest BCUT2D eigenvalue weighted by molar-refractivity contribution is 0.0462. The second-order valence-corrected chi connectivity index (χ2v) is 7.79. The number of hydrogen-bond acceptors (Lipinski definition) is 7. The zero-order valence-corrected chi connectivity index (χ0v) is 18.4. The minimum atomic E-state index is -0.502. The summed E-state index contributed by atoms with van der Waals surface area (Å²) in [6.45, 7) is 3.74. The number of esters is 1. The zero-order valence-electron chi connectivity index (χ0n) is 18.4. The maximum Gasteiger partial charge on any atom is 0.339 e. The zero-order chi connectivity index (χ0) is 22.9. The second-order valence-electron chi connectivity index (χ2n) is 7.79. The fraction of sp³-hybridized carbons (Fsp3) is 0.160. The topological polar surface area (TPSA) is 95.9 Å². The molecule has 8 heteroatoms. The van der Waals surface area contributed by atoms with Crippen LogP contribution in [0, 0.1) is 13.8 Å². The summed E-state index contributed by atoms with van der Waals surface area (Å²) in [6, 6.07) is 19.2. The van der Waals surface area contributed by atoms with Crippen molar-refractivity contribution in [3.63, 3.8) is 0 Å². The third-order valence-electron chi connectivity index (χ3n) is 5.36. The van der Waals surface area contributed by atoms with E-state index < -0.39 is 5.97 Å². The van der Waals surface area contributed by atoms with Gasteiger partial charge >= 0.3 is 5.97 Å². The van der Waals surface area contributed by atoms with Crippen molar-refractivity contribution in [1.82, 2.24) is 24.9 Å². The molecular weight excluding hydrogens is 418 g/mol. The molecule has 0 radical (unpaired) electrons. The Morgan fingerprint density at radius 2 is 1.76 bits per heavy atom. The maximum absolute atomic E-state index is 13.1. The molecule has 3 heterocycles. The van der Waals surface area contributed by atoms with Crippen molar-refractivity contribution in [1.29, 1.82) is 0 Å². The van der Waals surface area contributed by atoms with E-state index in [-0.39, 0.29) is 12.4 Å². The molecule has 33 heavy (non-hydrogen) atoms. The Morgan fingerprint density at radius 3 is 2.52 bits per heavy atom. The monoisotopic (exact) mass is 439 g/mol. The van der Waals surface area contributed by atoms with Crippen molar-refractivity contribution in [2.75, 3.05) is 0 Å². The van der Waals surface area contributed by atoms with E-state index in [1.165, 1.54) is 0 Å². The van der Waals surface area contributed by atoms with Gasteiger partial charge in [-0.1, -0.05) is 53.2 Å². The molecule has 0 unspecified atom stereocenters. The Bertz CT molecular complexity index is 1450. The summed E-state index contributed by atoms with van der Waals surface area (Å²) in [5, 5.41) is 9.04. The Kier molecular flexibility index (Phi) is 5.18. The third kappa shape index (κ3) is 3.98. The lowest BCUT2D eigenvalue weighted by atomic mass is 10.1. The Labute approximate surface area is 189 Å². The first-order valence-electron chi connectivity index (χ1n) is 10.5. The fourth-order valence-electron chi connectivity index (χ4n) is 3.70. The predicted molar refractivity (Wildman–Crippen MR) is 122 cm³/mol. The molecule has 2 aromatic carbocycles. The average molecular weight is 439 g/mol. The Balaban J connectivity index is 1.43. The number of pyridine rings is 1. The fourth-order valence-corrected chi connectivity index (χ4v) is 3.70. The molecule has 0 atom stereocenters. The maximum atomic E-state index is 13.1. The van der Waals surface area contributed by atoms with Gasteiger partial charge in [-0.2, -0.15) is 10.1 Å². The molecule has 0 aliphatic rings. The highest BCUT2D eigenvalue weighted by molar-refractivity contribution is 6.05. The first-order chi connectivity index (χ1) is 16.0. The standard InChI is InChI=1S/C25H21N5O3/c1-15-9-11-18(12-10-15)24-27-21(29-33-24)14-32-25(31)19-13-20(17-7-5-4-6-8-17)26-23-22(19)16(2)28-30(23)3/h4-13H,14H2,1-3H3. The van der Waals surface area contributed by atoms with Crippen LogP contribution in [0.5, 0.6) is 0 Å². The van der Waals surface area contributed by atoms with Crippen LogP contribution in [0.15, 0.2) is 65.2 Å². The minimum Gasteiger partial charge on any atom is -0.454 e. The quantitative estimate of drug-likeness (QED) is 0.368. The first-order valence-corrected chi connectivity index (χ1v) is 10.5. The van der Waals surface area contributed by atoms with Gasteiger partial charge in [0, 0.05) is 18.2 Å². The third-order valence-corrected chi connectivity index (χ3v) is 5.36. The normalized spacial score (nSPS) is 11.1. The van der Waals surface area contributed by atoms with E-state index in [0.717, 1.165) is 16.7 Å². The molecule has 5 rings (SSSR count). The van der Waals surface area contributed by atoms with Crippen molar-refractivity contribution < 1.29 is 14.1 Å². The Hall–Kier alpha value is -4.33. The van der Waals surface area contributed by atoms with Crippen molar-refractivity contribution in [3.05, 3.63) is 83.3 Å². The van der Waals surface area contributed by atoms with E-state index in [0.29, 0.717) is 33.9 Å². The van der Waals surface area contributed by atoms with E-state index in [1.807, 2.05) is 68.4 Å². The first kappa shape index (κ1) is 20.6. The molecule has 3 aromatic heterocycles. The number of rotatable bonds is 5. The van der Waals surface area contributed by atoms with Gasteiger partial charge in [0.1, 0.15) is 0 Å². The van der Waals surface area contributed by atoms with Crippen LogP contribution >= 0.6 is 0 Å². The van der Waals surface area contributed by atoms with E-state index in [2.05, 4.69) is 15.2 Å².